The zero-order valence-electron chi connectivity index (χ0n) is 8.79. The molecule has 0 aliphatic carbocycles. The Bertz CT molecular complexity index is 276. The van der Waals surface area contributed by atoms with Crippen molar-refractivity contribution in [2.45, 2.75) is 30.6 Å². The lowest BCUT2D eigenvalue weighted by Gasteiger charge is -2.02. The average Bonchev–Trinajstić information content (AvgIpc) is 2.23. The van der Waals surface area contributed by atoms with Crippen LogP contribution in [0.1, 0.15) is 25.7 Å². The standard InChI is InChI=1S/C12H17ClS2/c13-11-6-5-7-12(10-11)15-9-4-2-1-3-8-14/h5-7,10,14H,1-4,8-9H2. The van der Waals surface area contributed by atoms with Gasteiger partial charge in [0.2, 0.25) is 0 Å². The maximum atomic E-state index is 5.90. The lowest BCUT2D eigenvalue weighted by Crippen LogP contribution is -1.83. The first kappa shape index (κ1) is 13.3. The smallest absolute Gasteiger partial charge is 0.0417 e. The van der Waals surface area contributed by atoms with E-state index in [-0.39, 0.29) is 0 Å². The SMILES string of the molecule is SCCCCCCSc1cccc(Cl)c1. The van der Waals surface area contributed by atoms with E-state index in [0.717, 1.165) is 10.8 Å². The quantitative estimate of drug-likeness (QED) is 0.412. The number of thioether (sulfide) groups is 1. The summed E-state index contributed by atoms with van der Waals surface area (Å²) in [5.74, 6) is 2.20. The molecule has 0 aliphatic heterocycles. The van der Waals surface area contributed by atoms with Crippen LogP contribution in [0.2, 0.25) is 5.02 Å². The Morgan fingerprint density at radius 2 is 1.93 bits per heavy atom. The van der Waals surface area contributed by atoms with Crippen LogP contribution in [0, 0.1) is 0 Å². The Balaban J connectivity index is 2.10. The zero-order valence-corrected chi connectivity index (χ0v) is 11.3. The first-order valence-electron chi connectivity index (χ1n) is 5.32. The topological polar surface area (TPSA) is 0 Å². The van der Waals surface area contributed by atoms with Crippen LogP contribution in [0.25, 0.3) is 0 Å². The van der Waals surface area contributed by atoms with Crippen LogP contribution < -0.4 is 0 Å². The van der Waals surface area contributed by atoms with Gasteiger partial charge in [-0.2, -0.15) is 12.6 Å². The number of hydrogen-bond donors (Lipinski definition) is 1. The summed E-state index contributed by atoms with van der Waals surface area (Å²) in [6.07, 6.45) is 5.14. The highest BCUT2D eigenvalue weighted by Crippen LogP contribution is 2.22. The van der Waals surface area contributed by atoms with Crippen molar-refractivity contribution >= 4 is 36.0 Å². The minimum atomic E-state index is 0.829. The molecule has 1 aromatic rings. The van der Waals surface area contributed by atoms with Crippen LogP contribution in [0.15, 0.2) is 29.2 Å². The molecule has 0 spiro atoms. The molecule has 0 radical (unpaired) electrons. The molecule has 0 nitrogen and oxygen atoms in total. The lowest BCUT2D eigenvalue weighted by atomic mass is 10.2. The van der Waals surface area contributed by atoms with Crippen LogP contribution in [-0.4, -0.2) is 11.5 Å². The summed E-state index contributed by atoms with van der Waals surface area (Å²) in [7, 11) is 0. The molecule has 0 fully saturated rings. The molecule has 0 bridgehead atoms. The molecule has 0 N–H and O–H groups in total. The van der Waals surface area contributed by atoms with Crippen LogP contribution in [0.4, 0.5) is 0 Å². The molecule has 0 saturated carbocycles. The molecule has 1 aromatic carbocycles. The van der Waals surface area contributed by atoms with Crippen LogP contribution in [0.3, 0.4) is 0 Å². The molecule has 1 rings (SSSR count). The van der Waals surface area contributed by atoms with Crippen molar-refractivity contribution in [2.75, 3.05) is 11.5 Å². The first-order valence-corrected chi connectivity index (χ1v) is 7.32. The average molecular weight is 261 g/mol. The predicted octanol–water partition coefficient (Wildman–Crippen LogP) is 4.92. The minimum absolute atomic E-state index is 0.829. The van der Waals surface area contributed by atoms with Gasteiger partial charge in [0.1, 0.15) is 0 Å². The highest BCUT2D eigenvalue weighted by Gasteiger charge is 1.95. The molecule has 0 saturated heterocycles. The van der Waals surface area contributed by atoms with Crippen molar-refractivity contribution in [1.82, 2.24) is 0 Å². The fourth-order valence-electron chi connectivity index (χ4n) is 1.31. The second-order valence-electron chi connectivity index (χ2n) is 3.44. The molecular weight excluding hydrogens is 244 g/mol. The molecule has 15 heavy (non-hydrogen) atoms. The monoisotopic (exact) mass is 260 g/mol. The van der Waals surface area contributed by atoms with E-state index in [1.165, 1.54) is 36.3 Å². The Hall–Kier alpha value is 0.210. The van der Waals surface area contributed by atoms with Crippen molar-refractivity contribution in [3.63, 3.8) is 0 Å². The van der Waals surface area contributed by atoms with Gasteiger partial charge in [-0.3, -0.25) is 0 Å². The van der Waals surface area contributed by atoms with Gasteiger partial charge in [-0.05, 0) is 42.5 Å². The van der Waals surface area contributed by atoms with Gasteiger partial charge in [-0.1, -0.05) is 30.5 Å². The van der Waals surface area contributed by atoms with Gasteiger partial charge >= 0.3 is 0 Å². The van der Waals surface area contributed by atoms with Crippen molar-refractivity contribution in [1.29, 1.82) is 0 Å². The Labute approximate surface area is 107 Å². The van der Waals surface area contributed by atoms with E-state index in [4.69, 9.17) is 11.6 Å². The van der Waals surface area contributed by atoms with E-state index in [0.29, 0.717) is 0 Å². The number of benzene rings is 1. The zero-order chi connectivity index (χ0) is 10.9. The van der Waals surface area contributed by atoms with Gasteiger partial charge in [-0.25, -0.2) is 0 Å². The largest absolute Gasteiger partial charge is 0.179 e. The molecule has 0 amide bonds. The van der Waals surface area contributed by atoms with Gasteiger partial charge < -0.3 is 0 Å². The van der Waals surface area contributed by atoms with E-state index in [2.05, 4.69) is 18.7 Å². The molecule has 0 unspecified atom stereocenters. The third-order valence-corrected chi connectivity index (χ3v) is 3.75. The predicted molar refractivity (Wildman–Crippen MR) is 74.5 cm³/mol. The molecule has 0 aromatic heterocycles. The van der Waals surface area contributed by atoms with E-state index < -0.39 is 0 Å². The number of thiol groups is 1. The summed E-state index contributed by atoms with van der Waals surface area (Å²) in [5, 5.41) is 0.829. The maximum Gasteiger partial charge on any atom is 0.0417 e. The number of unbranched alkanes of at least 4 members (excludes halogenated alkanes) is 3. The van der Waals surface area contributed by atoms with Crippen LogP contribution in [0.5, 0.6) is 0 Å². The molecule has 0 atom stereocenters. The summed E-state index contributed by atoms with van der Waals surface area (Å²) < 4.78 is 0. The van der Waals surface area contributed by atoms with Gasteiger partial charge in [0, 0.05) is 9.92 Å². The maximum absolute atomic E-state index is 5.90. The number of halogens is 1. The molecular formula is C12H17ClS2. The van der Waals surface area contributed by atoms with Gasteiger partial charge in [-0.15, -0.1) is 11.8 Å². The van der Waals surface area contributed by atoms with Crippen LogP contribution in [-0.2, 0) is 0 Å². The van der Waals surface area contributed by atoms with E-state index >= 15 is 0 Å². The van der Waals surface area contributed by atoms with Gasteiger partial charge in [0.05, 0.1) is 0 Å². The van der Waals surface area contributed by atoms with Gasteiger partial charge in [0.25, 0.3) is 0 Å². The summed E-state index contributed by atoms with van der Waals surface area (Å²) in [4.78, 5) is 1.27. The highest BCUT2D eigenvalue weighted by atomic mass is 35.5. The minimum Gasteiger partial charge on any atom is -0.179 e. The molecule has 3 heteroatoms. The third-order valence-electron chi connectivity index (χ3n) is 2.12. The number of rotatable bonds is 7. The Morgan fingerprint density at radius 1 is 1.13 bits per heavy atom. The first-order chi connectivity index (χ1) is 7.33. The highest BCUT2D eigenvalue weighted by molar-refractivity contribution is 7.99. The van der Waals surface area contributed by atoms with Gasteiger partial charge in [0.15, 0.2) is 0 Å². The second-order valence-corrected chi connectivity index (χ2v) is 5.50. The van der Waals surface area contributed by atoms with E-state index in [1.807, 2.05) is 30.0 Å². The molecule has 84 valence electrons. The lowest BCUT2D eigenvalue weighted by molar-refractivity contribution is 0.712. The summed E-state index contributed by atoms with van der Waals surface area (Å²) in [6.45, 7) is 0. The fourth-order valence-corrected chi connectivity index (χ4v) is 2.76. The van der Waals surface area contributed by atoms with Crippen molar-refractivity contribution in [3.05, 3.63) is 29.3 Å². The normalized spacial score (nSPS) is 10.5. The Morgan fingerprint density at radius 3 is 2.67 bits per heavy atom. The van der Waals surface area contributed by atoms with Crippen molar-refractivity contribution in [2.24, 2.45) is 0 Å². The summed E-state index contributed by atoms with van der Waals surface area (Å²) >= 11 is 12.0. The van der Waals surface area contributed by atoms with Crippen molar-refractivity contribution < 1.29 is 0 Å². The fraction of sp³-hybridized carbons (Fsp3) is 0.500. The third kappa shape index (κ3) is 6.39. The summed E-state index contributed by atoms with van der Waals surface area (Å²) in [6, 6.07) is 8.06. The molecule has 0 heterocycles. The number of hydrogen-bond acceptors (Lipinski definition) is 2. The summed E-state index contributed by atoms with van der Waals surface area (Å²) in [5.41, 5.74) is 0. The van der Waals surface area contributed by atoms with Crippen LogP contribution >= 0.6 is 36.0 Å². The molecule has 0 aliphatic rings. The second kappa shape index (κ2) is 8.37. The Kier molecular flexibility index (Phi) is 7.41. The van der Waals surface area contributed by atoms with E-state index in [1.54, 1.807) is 0 Å². The van der Waals surface area contributed by atoms with E-state index in [9.17, 15) is 0 Å². The van der Waals surface area contributed by atoms with Crippen molar-refractivity contribution in [3.8, 4) is 0 Å².